The molecule has 0 spiro atoms. The Labute approximate surface area is 138 Å². The lowest BCUT2D eigenvalue weighted by atomic mass is 9.91. The first-order valence-electron chi connectivity index (χ1n) is 8.04. The fraction of sp³-hybridized carbons (Fsp3) is 0.556. The van der Waals surface area contributed by atoms with Crippen molar-refractivity contribution in [3.63, 3.8) is 0 Å². The molecule has 1 nitrogen and oxygen atoms in total. The van der Waals surface area contributed by atoms with Crippen LogP contribution in [0.25, 0.3) is 0 Å². The van der Waals surface area contributed by atoms with E-state index < -0.39 is 0 Å². The van der Waals surface area contributed by atoms with Crippen molar-refractivity contribution in [3.05, 3.63) is 45.5 Å². The van der Waals surface area contributed by atoms with Crippen LogP contribution in [0, 0.1) is 0 Å². The van der Waals surface area contributed by atoms with Crippen LogP contribution in [0.15, 0.2) is 29.8 Å². The lowest BCUT2D eigenvalue weighted by Gasteiger charge is -2.22. The minimum absolute atomic E-state index is 0.449. The number of hydrogen-bond donors (Lipinski definition) is 1. The minimum Gasteiger partial charge on any atom is -0.313 e. The number of halogens is 2. The van der Waals surface area contributed by atoms with E-state index in [1.165, 1.54) is 25.7 Å². The summed E-state index contributed by atoms with van der Waals surface area (Å²) in [6.07, 6.45) is 10.8. The van der Waals surface area contributed by atoms with E-state index in [0.29, 0.717) is 6.04 Å². The van der Waals surface area contributed by atoms with Crippen LogP contribution >= 0.6 is 23.2 Å². The molecule has 0 heterocycles. The highest BCUT2D eigenvalue weighted by Crippen LogP contribution is 2.26. The Morgan fingerprint density at radius 1 is 1.19 bits per heavy atom. The molecule has 0 fully saturated rings. The lowest BCUT2D eigenvalue weighted by Crippen LogP contribution is -2.32. The topological polar surface area (TPSA) is 12.0 Å². The fourth-order valence-corrected chi connectivity index (χ4v) is 3.33. The minimum atomic E-state index is 0.449. The van der Waals surface area contributed by atoms with Gasteiger partial charge in [0.1, 0.15) is 0 Å². The Morgan fingerprint density at radius 3 is 2.76 bits per heavy atom. The van der Waals surface area contributed by atoms with Crippen LogP contribution in [-0.4, -0.2) is 12.6 Å². The lowest BCUT2D eigenvalue weighted by molar-refractivity contribution is 0.490. The van der Waals surface area contributed by atoms with Crippen LogP contribution in [0.2, 0.25) is 10.0 Å². The van der Waals surface area contributed by atoms with E-state index in [0.717, 1.165) is 41.4 Å². The molecule has 1 aliphatic rings. The van der Waals surface area contributed by atoms with Crippen LogP contribution < -0.4 is 5.32 Å². The van der Waals surface area contributed by atoms with Crippen molar-refractivity contribution in [2.24, 2.45) is 0 Å². The average Bonchev–Trinajstić information content (AvgIpc) is 2.49. The summed E-state index contributed by atoms with van der Waals surface area (Å²) in [6.45, 7) is 3.26. The molecular formula is C18H25Cl2N. The second kappa shape index (κ2) is 8.82. The third kappa shape index (κ3) is 5.65. The van der Waals surface area contributed by atoms with E-state index in [-0.39, 0.29) is 0 Å². The number of hydrogen-bond acceptors (Lipinski definition) is 1. The zero-order chi connectivity index (χ0) is 15.1. The molecule has 0 aromatic heterocycles. The van der Waals surface area contributed by atoms with Gasteiger partial charge in [0.2, 0.25) is 0 Å². The van der Waals surface area contributed by atoms with Crippen molar-refractivity contribution in [3.8, 4) is 0 Å². The Morgan fingerprint density at radius 2 is 2.05 bits per heavy atom. The summed E-state index contributed by atoms with van der Waals surface area (Å²) >= 11 is 12.4. The van der Waals surface area contributed by atoms with E-state index in [2.05, 4.69) is 18.3 Å². The van der Waals surface area contributed by atoms with E-state index in [9.17, 15) is 0 Å². The predicted octanol–water partition coefficient (Wildman–Crippen LogP) is 5.79. The molecule has 3 heteroatoms. The SMILES string of the molecule is CCCNC(CC1=CCCCC1)Cc1cc(Cl)ccc1Cl. The van der Waals surface area contributed by atoms with Crippen molar-refractivity contribution in [1.29, 1.82) is 0 Å². The standard InChI is InChI=1S/C18H25Cl2N/c1-2-10-21-17(11-14-6-4-3-5-7-14)13-15-12-16(19)8-9-18(15)20/h6,8-9,12,17,21H,2-5,7,10-11,13H2,1H3. The molecule has 116 valence electrons. The van der Waals surface area contributed by atoms with Crippen molar-refractivity contribution in [2.45, 2.75) is 57.9 Å². The maximum atomic E-state index is 6.32. The van der Waals surface area contributed by atoms with Gasteiger partial charge in [-0.1, -0.05) is 41.8 Å². The largest absolute Gasteiger partial charge is 0.313 e. The zero-order valence-corrected chi connectivity index (χ0v) is 14.3. The Balaban J connectivity index is 2.04. The number of nitrogens with one attached hydrogen (secondary N) is 1. The van der Waals surface area contributed by atoms with Gasteiger partial charge in [-0.15, -0.1) is 0 Å². The molecular weight excluding hydrogens is 301 g/mol. The first-order chi connectivity index (χ1) is 10.2. The molecule has 0 aliphatic heterocycles. The monoisotopic (exact) mass is 325 g/mol. The normalized spacial score (nSPS) is 16.6. The maximum absolute atomic E-state index is 6.32. The Kier molecular flexibility index (Phi) is 7.09. The Bertz CT molecular complexity index is 482. The zero-order valence-electron chi connectivity index (χ0n) is 12.8. The third-order valence-electron chi connectivity index (χ3n) is 4.05. The second-order valence-corrected chi connectivity index (χ2v) is 6.75. The molecule has 1 unspecified atom stereocenters. The summed E-state index contributed by atoms with van der Waals surface area (Å²) in [5.41, 5.74) is 2.75. The van der Waals surface area contributed by atoms with E-state index in [4.69, 9.17) is 23.2 Å². The first kappa shape index (κ1) is 16.9. The van der Waals surface area contributed by atoms with Gasteiger partial charge in [-0.3, -0.25) is 0 Å². The molecule has 1 aromatic rings. The first-order valence-corrected chi connectivity index (χ1v) is 8.80. The van der Waals surface area contributed by atoms with Gasteiger partial charge in [-0.25, -0.2) is 0 Å². The summed E-state index contributed by atoms with van der Waals surface area (Å²) in [5, 5.41) is 5.25. The number of benzene rings is 1. The fourth-order valence-electron chi connectivity index (χ4n) is 2.94. The smallest absolute Gasteiger partial charge is 0.0439 e. The van der Waals surface area contributed by atoms with Gasteiger partial charge in [-0.2, -0.15) is 0 Å². The molecule has 21 heavy (non-hydrogen) atoms. The molecule has 1 N–H and O–H groups in total. The van der Waals surface area contributed by atoms with E-state index in [1.54, 1.807) is 5.57 Å². The molecule has 0 amide bonds. The number of rotatable bonds is 7. The van der Waals surface area contributed by atoms with Gasteiger partial charge < -0.3 is 5.32 Å². The van der Waals surface area contributed by atoms with Gasteiger partial charge in [0.05, 0.1) is 0 Å². The predicted molar refractivity (Wildman–Crippen MR) is 93.4 cm³/mol. The molecule has 0 saturated carbocycles. The highest BCUT2D eigenvalue weighted by Gasteiger charge is 2.15. The number of allylic oxidation sites excluding steroid dienone is 1. The molecule has 1 atom stereocenters. The summed E-state index contributed by atoms with van der Waals surface area (Å²) in [6, 6.07) is 6.20. The quantitative estimate of drug-likeness (QED) is 0.625. The summed E-state index contributed by atoms with van der Waals surface area (Å²) in [4.78, 5) is 0. The van der Waals surface area contributed by atoms with Crippen molar-refractivity contribution >= 4 is 23.2 Å². The van der Waals surface area contributed by atoms with Gasteiger partial charge in [0.15, 0.2) is 0 Å². The van der Waals surface area contributed by atoms with Crippen molar-refractivity contribution in [1.82, 2.24) is 5.32 Å². The maximum Gasteiger partial charge on any atom is 0.0439 e. The molecule has 2 rings (SSSR count). The van der Waals surface area contributed by atoms with Gasteiger partial charge in [-0.05, 0) is 75.3 Å². The summed E-state index contributed by atoms with van der Waals surface area (Å²) in [5.74, 6) is 0. The van der Waals surface area contributed by atoms with Crippen LogP contribution in [-0.2, 0) is 6.42 Å². The highest BCUT2D eigenvalue weighted by molar-refractivity contribution is 6.33. The highest BCUT2D eigenvalue weighted by atomic mass is 35.5. The summed E-state index contributed by atoms with van der Waals surface area (Å²) in [7, 11) is 0. The van der Waals surface area contributed by atoms with Crippen molar-refractivity contribution in [2.75, 3.05) is 6.54 Å². The molecule has 1 aromatic carbocycles. The molecule has 0 radical (unpaired) electrons. The van der Waals surface area contributed by atoms with Crippen LogP contribution in [0.3, 0.4) is 0 Å². The van der Waals surface area contributed by atoms with Gasteiger partial charge in [0, 0.05) is 16.1 Å². The molecule has 0 bridgehead atoms. The van der Waals surface area contributed by atoms with E-state index >= 15 is 0 Å². The van der Waals surface area contributed by atoms with E-state index in [1.807, 2.05) is 18.2 Å². The third-order valence-corrected chi connectivity index (χ3v) is 4.65. The summed E-state index contributed by atoms with van der Waals surface area (Å²) < 4.78 is 0. The Hall–Kier alpha value is -0.500. The van der Waals surface area contributed by atoms with Crippen LogP contribution in [0.1, 0.15) is 51.0 Å². The van der Waals surface area contributed by atoms with Crippen molar-refractivity contribution < 1.29 is 0 Å². The molecule has 0 saturated heterocycles. The molecule has 1 aliphatic carbocycles. The van der Waals surface area contributed by atoms with Crippen LogP contribution in [0.5, 0.6) is 0 Å². The van der Waals surface area contributed by atoms with Gasteiger partial charge >= 0.3 is 0 Å². The van der Waals surface area contributed by atoms with Crippen LogP contribution in [0.4, 0.5) is 0 Å². The second-order valence-electron chi connectivity index (χ2n) is 5.90. The van der Waals surface area contributed by atoms with Gasteiger partial charge in [0.25, 0.3) is 0 Å². The average molecular weight is 326 g/mol.